The van der Waals surface area contributed by atoms with Gasteiger partial charge in [-0.05, 0) is 58.3 Å². The molecule has 0 spiro atoms. The Morgan fingerprint density at radius 3 is 2.46 bits per heavy atom. The van der Waals surface area contributed by atoms with Crippen molar-refractivity contribution in [2.45, 2.75) is 12.6 Å². The van der Waals surface area contributed by atoms with Gasteiger partial charge in [-0.2, -0.15) is 13.2 Å². The SMILES string of the molecule is FC(F)(F)c1cccc(C2=CCN(CCc3cccc4ccccc34)C=C2)c1. The minimum atomic E-state index is -4.32. The van der Waals surface area contributed by atoms with Crippen molar-refractivity contribution in [2.24, 2.45) is 0 Å². The van der Waals surface area contributed by atoms with Gasteiger partial charge >= 0.3 is 6.18 Å². The van der Waals surface area contributed by atoms with Crippen LogP contribution in [0.2, 0.25) is 0 Å². The summed E-state index contributed by atoms with van der Waals surface area (Å²) in [5.41, 5.74) is 2.11. The molecule has 0 bridgehead atoms. The second kappa shape index (κ2) is 7.55. The molecule has 3 aromatic carbocycles. The van der Waals surface area contributed by atoms with E-state index < -0.39 is 11.7 Å². The Labute approximate surface area is 162 Å². The maximum atomic E-state index is 12.9. The Morgan fingerprint density at radius 2 is 1.68 bits per heavy atom. The Balaban J connectivity index is 1.43. The fourth-order valence-corrected chi connectivity index (χ4v) is 3.56. The van der Waals surface area contributed by atoms with E-state index in [9.17, 15) is 13.2 Å². The van der Waals surface area contributed by atoms with E-state index in [0.29, 0.717) is 12.1 Å². The lowest BCUT2D eigenvalue weighted by molar-refractivity contribution is -0.137. The van der Waals surface area contributed by atoms with E-state index in [0.717, 1.165) is 24.6 Å². The van der Waals surface area contributed by atoms with Crippen molar-refractivity contribution in [3.63, 3.8) is 0 Å². The van der Waals surface area contributed by atoms with Crippen LogP contribution in [0.4, 0.5) is 13.2 Å². The number of fused-ring (bicyclic) bond motifs is 1. The Morgan fingerprint density at radius 1 is 0.893 bits per heavy atom. The summed E-state index contributed by atoms with van der Waals surface area (Å²) in [5, 5.41) is 2.51. The zero-order valence-electron chi connectivity index (χ0n) is 15.3. The molecule has 0 unspecified atom stereocenters. The molecular weight excluding hydrogens is 359 g/mol. The standard InChI is InChI=1S/C24H20F3N/c25-24(26,27)22-9-4-8-21(17-22)18-11-14-28(15-12-18)16-13-20-7-3-6-19-5-1-2-10-23(19)20/h1-12,14,17H,13,15-16H2. The number of halogens is 3. The highest BCUT2D eigenvalue weighted by molar-refractivity contribution is 5.85. The van der Waals surface area contributed by atoms with Gasteiger partial charge in [0.1, 0.15) is 0 Å². The Kier molecular flexibility index (Phi) is 4.95. The first-order valence-corrected chi connectivity index (χ1v) is 9.27. The van der Waals surface area contributed by atoms with Gasteiger partial charge in [0, 0.05) is 13.1 Å². The molecule has 0 fully saturated rings. The van der Waals surface area contributed by atoms with Crippen molar-refractivity contribution in [1.82, 2.24) is 4.90 Å². The molecule has 0 atom stereocenters. The highest BCUT2D eigenvalue weighted by Gasteiger charge is 2.30. The van der Waals surface area contributed by atoms with Crippen LogP contribution in [0.15, 0.2) is 85.1 Å². The van der Waals surface area contributed by atoms with Crippen molar-refractivity contribution in [1.29, 1.82) is 0 Å². The van der Waals surface area contributed by atoms with E-state index in [1.165, 1.54) is 28.5 Å². The van der Waals surface area contributed by atoms with Crippen LogP contribution in [0.1, 0.15) is 16.7 Å². The lowest BCUT2D eigenvalue weighted by atomic mass is 10.00. The zero-order chi connectivity index (χ0) is 19.6. The van der Waals surface area contributed by atoms with Crippen LogP contribution in [0.25, 0.3) is 16.3 Å². The average molecular weight is 379 g/mol. The van der Waals surface area contributed by atoms with Crippen LogP contribution in [-0.4, -0.2) is 18.0 Å². The van der Waals surface area contributed by atoms with Crippen molar-refractivity contribution >= 4 is 16.3 Å². The molecule has 0 aliphatic carbocycles. The minimum absolute atomic E-state index is 0.597. The van der Waals surface area contributed by atoms with Gasteiger partial charge in [-0.15, -0.1) is 0 Å². The van der Waals surface area contributed by atoms with Crippen LogP contribution >= 0.6 is 0 Å². The number of nitrogens with zero attached hydrogens (tertiary/aromatic N) is 1. The molecule has 0 radical (unpaired) electrons. The maximum Gasteiger partial charge on any atom is 0.416 e. The first-order chi connectivity index (χ1) is 13.5. The van der Waals surface area contributed by atoms with Crippen LogP contribution in [0.3, 0.4) is 0 Å². The van der Waals surface area contributed by atoms with Crippen molar-refractivity contribution in [3.8, 4) is 0 Å². The zero-order valence-corrected chi connectivity index (χ0v) is 15.3. The predicted octanol–water partition coefficient (Wildman–Crippen LogP) is 6.31. The second-order valence-electron chi connectivity index (χ2n) is 6.94. The van der Waals surface area contributed by atoms with Crippen molar-refractivity contribution in [3.05, 3.63) is 102 Å². The van der Waals surface area contributed by atoms with Gasteiger partial charge in [-0.3, -0.25) is 0 Å². The predicted molar refractivity (Wildman–Crippen MR) is 108 cm³/mol. The molecule has 3 aromatic rings. The van der Waals surface area contributed by atoms with Gasteiger partial charge in [-0.25, -0.2) is 0 Å². The number of alkyl halides is 3. The summed E-state index contributed by atoms with van der Waals surface area (Å²) in [7, 11) is 0. The second-order valence-corrected chi connectivity index (χ2v) is 6.94. The normalized spacial score (nSPS) is 14.4. The van der Waals surface area contributed by atoms with Crippen molar-refractivity contribution in [2.75, 3.05) is 13.1 Å². The topological polar surface area (TPSA) is 3.24 Å². The fraction of sp³-hybridized carbons (Fsp3) is 0.167. The smallest absolute Gasteiger partial charge is 0.373 e. The molecular formula is C24H20F3N. The lowest BCUT2D eigenvalue weighted by Crippen LogP contribution is -2.22. The summed E-state index contributed by atoms with van der Waals surface area (Å²) < 4.78 is 38.8. The van der Waals surface area contributed by atoms with Gasteiger partial charge in [-0.1, -0.05) is 60.7 Å². The van der Waals surface area contributed by atoms with Gasteiger partial charge in [0.2, 0.25) is 0 Å². The van der Waals surface area contributed by atoms with Crippen LogP contribution in [-0.2, 0) is 12.6 Å². The summed E-state index contributed by atoms with van der Waals surface area (Å²) in [6.07, 6.45) is 2.44. The number of allylic oxidation sites excluding steroid dienone is 2. The first kappa shape index (κ1) is 18.4. The molecule has 28 heavy (non-hydrogen) atoms. The molecule has 0 N–H and O–H groups in total. The van der Waals surface area contributed by atoms with Crippen molar-refractivity contribution < 1.29 is 13.2 Å². The highest BCUT2D eigenvalue weighted by atomic mass is 19.4. The third kappa shape index (κ3) is 3.96. The number of hydrogen-bond donors (Lipinski definition) is 0. The summed E-state index contributed by atoms with van der Waals surface area (Å²) in [6.45, 7) is 1.55. The largest absolute Gasteiger partial charge is 0.416 e. The molecule has 0 amide bonds. The van der Waals surface area contributed by atoms with Crippen LogP contribution in [0.5, 0.6) is 0 Å². The lowest BCUT2D eigenvalue weighted by Gasteiger charge is -2.23. The van der Waals surface area contributed by atoms with E-state index in [4.69, 9.17) is 0 Å². The molecule has 1 aliphatic heterocycles. The molecule has 0 saturated carbocycles. The summed E-state index contributed by atoms with van der Waals surface area (Å²) in [4.78, 5) is 2.18. The third-order valence-corrected chi connectivity index (χ3v) is 5.08. The van der Waals surface area contributed by atoms with Gasteiger partial charge in [0.25, 0.3) is 0 Å². The number of rotatable bonds is 4. The molecule has 0 saturated heterocycles. The van der Waals surface area contributed by atoms with Gasteiger partial charge in [0.15, 0.2) is 0 Å². The molecule has 1 nitrogen and oxygen atoms in total. The molecule has 4 heteroatoms. The van der Waals surface area contributed by atoms with E-state index in [-0.39, 0.29) is 0 Å². The number of hydrogen-bond acceptors (Lipinski definition) is 1. The first-order valence-electron chi connectivity index (χ1n) is 9.27. The summed E-state index contributed by atoms with van der Waals surface area (Å²) in [5.74, 6) is 0. The van der Waals surface area contributed by atoms with Crippen LogP contribution < -0.4 is 0 Å². The molecule has 1 heterocycles. The molecule has 142 valence electrons. The quantitative estimate of drug-likeness (QED) is 0.513. The molecule has 4 rings (SSSR count). The molecule has 0 aromatic heterocycles. The maximum absolute atomic E-state index is 12.9. The highest BCUT2D eigenvalue weighted by Crippen LogP contribution is 2.31. The van der Waals surface area contributed by atoms with E-state index in [1.54, 1.807) is 6.07 Å². The van der Waals surface area contributed by atoms with Gasteiger partial charge in [0.05, 0.1) is 5.56 Å². The Hall–Kier alpha value is -3.01. The average Bonchev–Trinajstić information content (AvgIpc) is 2.72. The monoisotopic (exact) mass is 379 g/mol. The summed E-state index contributed by atoms with van der Waals surface area (Å²) >= 11 is 0. The van der Waals surface area contributed by atoms with E-state index in [2.05, 4.69) is 41.3 Å². The third-order valence-electron chi connectivity index (χ3n) is 5.08. The fourth-order valence-electron chi connectivity index (χ4n) is 3.56. The Bertz CT molecular complexity index is 1040. The summed E-state index contributed by atoms with van der Waals surface area (Å²) in [6, 6.07) is 20.2. The molecule has 1 aliphatic rings. The van der Waals surface area contributed by atoms with E-state index in [1.807, 2.05) is 24.4 Å². The van der Waals surface area contributed by atoms with Gasteiger partial charge < -0.3 is 4.90 Å². The van der Waals surface area contributed by atoms with E-state index >= 15 is 0 Å². The minimum Gasteiger partial charge on any atom is -0.373 e. The van der Waals surface area contributed by atoms with Crippen LogP contribution in [0, 0.1) is 0 Å². The number of benzene rings is 3.